The number of hydrogen-bond acceptors (Lipinski definition) is 3. The van der Waals surface area contributed by atoms with Gasteiger partial charge in [0.2, 0.25) is 11.8 Å². The van der Waals surface area contributed by atoms with Gasteiger partial charge in [0.25, 0.3) is 0 Å². The molecule has 1 unspecified atom stereocenters. The summed E-state index contributed by atoms with van der Waals surface area (Å²) in [5.74, 6) is -0.273. The average Bonchev–Trinajstić information content (AvgIpc) is 2.83. The molecule has 0 aromatic carbocycles. The molecule has 1 saturated heterocycles. The Morgan fingerprint density at radius 1 is 1.59 bits per heavy atom. The van der Waals surface area contributed by atoms with Gasteiger partial charge < -0.3 is 10.6 Å². The van der Waals surface area contributed by atoms with Crippen molar-refractivity contribution < 1.29 is 9.59 Å². The van der Waals surface area contributed by atoms with Gasteiger partial charge in [0, 0.05) is 22.7 Å². The van der Waals surface area contributed by atoms with Crippen molar-refractivity contribution in [3.63, 3.8) is 0 Å². The number of amides is 2. The van der Waals surface area contributed by atoms with Crippen LogP contribution in [0.4, 0.5) is 0 Å². The Morgan fingerprint density at radius 3 is 2.88 bits per heavy atom. The predicted molar refractivity (Wildman–Crippen MR) is 66.8 cm³/mol. The predicted octanol–water partition coefficient (Wildman–Crippen LogP) is 1.12. The average molecular weight is 252 g/mol. The molecule has 4 nitrogen and oxygen atoms in total. The number of rotatable bonds is 3. The van der Waals surface area contributed by atoms with Gasteiger partial charge in [-0.1, -0.05) is 0 Å². The van der Waals surface area contributed by atoms with E-state index in [0.29, 0.717) is 19.5 Å². The minimum atomic E-state index is -0.204. The summed E-state index contributed by atoms with van der Waals surface area (Å²) in [5, 5.41) is 5.55. The number of hydrogen-bond donors (Lipinski definition) is 2. The lowest BCUT2D eigenvalue weighted by atomic mass is 10.1. The molecule has 0 aliphatic carbocycles. The monoisotopic (exact) mass is 252 g/mol. The number of carbonyl (C=O) groups is 2. The maximum atomic E-state index is 11.8. The highest BCUT2D eigenvalue weighted by atomic mass is 32.1. The van der Waals surface area contributed by atoms with Gasteiger partial charge in [0.15, 0.2) is 0 Å². The lowest BCUT2D eigenvalue weighted by molar-refractivity contribution is -0.126. The molecule has 2 heterocycles. The van der Waals surface area contributed by atoms with E-state index in [1.165, 1.54) is 10.4 Å². The largest absolute Gasteiger partial charge is 0.355 e. The first kappa shape index (κ1) is 12.1. The second-order valence-corrected chi connectivity index (χ2v) is 5.72. The van der Waals surface area contributed by atoms with E-state index < -0.39 is 0 Å². The molecular formula is C12H16N2O2S. The van der Waals surface area contributed by atoms with Gasteiger partial charge in [-0.2, -0.15) is 0 Å². The summed E-state index contributed by atoms with van der Waals surface area (Å²) in [7, 11) is 0. The van der Waals surface area contributed by atoms with Gasteiger partial charge in [0.05, 0.1) is 12.5 Å². The molecule has 2 amide bonds. The standard InChI is InChI=1S/C12H16N2O2S/c1-7-3-10(17-8(7)2)6-14-12(16)9-4-11(15)13-5-9/h3,9H,4-6H2,1-2H3,(H,13,15)(H,14,16). The van der Waals surface area contributed by atoms with Crippen molar-refractivity contribution >= 4 is 23.2 Å². The molecule has 1 aromatic heterocycles. The van der Waals surface area contributed by atoms with Crippen LogP contribution in [-0.4, -0.2) is 18.4 Å². The SMILES string of the molecule is Cc1cc(CNC(=O)C2CNC(=O)C2)sc1C. The molecule has 1 aliphatic rings. The topological polar surface area (TPSA) is 58.2 Å². The Labute approximate surface area is 104 Å². The molecule has 0 bridgehead atoms. The van der Waals surface area contributed by atoms with Gasteiger partial charge >= 0.3 is 0 Å². The van der Waals surface area contributed by atoms with Gasteiger partial charge in [-0.25, -0.2) is 0 Å². The van der Waals surface area contributed by atoms with Gasteiger partial charge in [-0.05, 0) is 25.5 Å². The highest BCUT2D eigenvalue weighted by Gasteiger charge is 2.27. The third kappa shape index (κ3) is 2.85. The fourth-order valence-electron chi connectivity index (χ4n) is 1.85. The van der Waals surface area contributed by atoms with E-state index in [1.54, 1.807) is 11.3 Å². The molecule has 5 heteroatoms. The summed E-state index contributed by atoms with van der Waals surface area (Å²) in [6, 6.07) is 2.10. The summed E-state index contributed by atoms with van der Waals surface area (Å²) in [6.07, 6.45) is 0.314. The van der Waals surface area contributed by atoms with Crippen LogP contribution < -0.4 is 10.6 Å². The molecule has 0 spiro atoms. The molecule has 0 saturated carbocycles. The summed E-state index contributed by atoms with van der Waals surface area (Å²) in [4.78, 5) is 25.2. The minimum absolute atomic E-state index is 0.0343. The number of carbonyl (C=O) groups excluding carboxylic acids is 2. The normalized spacial score (nSPS) is 19.2. The molecule has 1 atom stereocenters. The molecule has 92 valence electrons. The summed E-state index contributed by atoms with van der Waals surface area (Å²) < 4.78 is 0. The second-order valence-electron chi connectivity index (χ2n) is 4.37. The van der Waals surface area contributed by atoms with Crippen LogP contribution in [-0.2, 0) is 16.1 Å². The van der Waals surface area contributed by atoms with Crippen LogP contribution >= 0.6 is 11.3 Å². The van der Waals surface area contributed by atoms with Gasteiger partial charge in [0.1, 0.15) is 0 Å². The summed E-state index contributed by atoms with van der Waals surface area (Å²) in [5.41, 5.74) is 1.26. The molecule has 0 radical (unpaired) electrons. The molecule has 1 aliphatic heterocycles. The zero-order valence-corrected chi connectivity index (χ0v) is 10.8. The molecule has 17 heavy (non-hydrogen) atoms. The lowest BCUT2D eigenvalue weighted by Crippen LogP contribution is -2.31. The zero-order valence-electron chi connectivity index (χ0n) is 10.0. The number of thiophene rings is 1. The van der Waals surface area contributed by atoms with Crippen LogP contribution in [0.5, 0.6) is 0 Å². The van der Waals surface area contributed by atoms with E-state index in [1.807, 2.05) is 0 Å². The highest BCUT2D eigenvalue weighted by molar-refractivity contribution is 7.12. The van der Waals surface area contributed by atoms with Crippen LogP contribution in [0.3, 0.4) is 0 Å². The van der Waals surface area contributed by atoms with Gasteiger partial charge in [-0.15, -0.1) is 11.3 Å². The zero-order chi connectivity index (χ0) is 12.4. The number of nitrogens with one attached hydrogen (secondary N) is 2. The van der Waals surface area contributed by atoms with Crippen molar-refractivity contribution in [3.05, 3.63) is 21.4 Å². The Bertz CT molecular complexity index is 434. The summed E-state index contributed by atoms with van der Waals surface area (Å²) >= 11 is 1.70. The third-order valence-electron chi connectivity index (χ3n) is 3.00. The van der Waals surface area contributed by atoms with E-state index in [2.05, 4.69) is 30.5 Å². The van der Waals surface area contributed by atoms with Crippen molar-refractivity contribution in [1.29, 1.82) is 0 Å². The quantitative estimate of drug-likeness (QED) is 0.847. The van der Waals surface area contributed by atoms with E-state index in [-0.39, 0.29) is 17.7 Å². The third-order valence-corrected chi connectivity index (χ3v) is 4.15. The molecule has 2 N–H and O–H groups in total. The molecule has 1 fully saturated rings. The minimum Gasteiger partial charge on any atom is -0.355 e. The Balaban J connectivity index is 1.86. The smallest absolute Gasteiger partial charge is 0.225 e. The highest BCUT2D eigenvalue weighted by Crippen LogP contribution is 2.20. The molecule has 2 rings (SSSR count). The van der Waals surface area contributed by atoms with Crippen molar-refractivity contribution in [3.8, 4) is 0 Å². The van der Waals surface area contributed by atoms with Crippen molar-refractivity contribution in [2.45, 2.75) is 26.8 Å². The Morgan fingerprint density at radius 2 is 2.35 bits per heavy atom. The molecular weight excluding hydrogens is 236 g/mol. The van der Waals surface area contributed by atoms with E-state index in [4.69, 9.17) is 0 Å². The van der Waals surface area contributed by atoms with E-state index >= 15 is 0 Å². The first-order valence-corrected chi connectivity index (χ1v) is 6.48. The van der Waals surface area contributed by atoms with Crippen LogP contribution in [0.15, 0.2) is 6.07 Å². The van der Waals surface area contributed by atoms with Crippen molar-refractivity contribution in [2.24, 2.45) is 5.92 Å². The van der Waals surface area contributed by atoms with Crippen molar-refractivity contribution in [1.82, 2.24) is 10.6 Å². The lowest BCUT2D eigenvalue weighted by Gasteiger charge is -2.07. The van der Waals surface area contributed by atoms with E-state index in [0.717, 1.165) is 4.88 Å². The number of aryl methyl sites for hydroxylation is 2. The maximum absolute atomic E-state index is 11.8. The van der Waals surface area contributed by atoms with E-state index in [9.17, 15) is 9.59 Å². The molecule has 1 aromatic rings. The Hall–Kier alpha value is -1.36. The van der Waals surface area contributed by atoms with Crippen LogP contribution in [0.25, 0.3) is 0 Å². The summed E-state index contributed by atoms with van der Waals surface area (Å²) in [6.45, 7) is 5.16. The van der Waals surface area contributed by atoms with Gasteiger partial charge in [-0.3, -0.25) is 9.59 Å². The first-order valence-electron chi connectivity index (χ1n) is 5.66. The van der Waals surface area contributed by atoms with Crippen LogP contribution in [0.2, 0.25) is 0 Å². The second kappa shape index (κ2) is 4.87. The van der Waals surface area contributed by atoms with Crippen LogP contribution in [0, 0.1) is 19.8 Å². The Kier molecular flexibility index (Phi) is 3.47. The van der Waals surface area contributed by atoms with Crippen LogP contribution in [0.1, 0.15) is 21.7 Å². The fourth-order valence-corrected chi connectivity index (χ4v) is 2.84. The van der Waals surface area contributed by atoms with Crippen molar-refractivity contribution in [2.75, 3.05) is 6.54 Å². The fraction of sp³-hybridized carbons (Fsp3) is 0.500. The first-order chi connectivity index (χ1) is 8.06. The maximum Gasteiger partial charge on any atom is 0.225 e.